The number of nitriles is 1. The van der Waals surface area contributed by atoms with E-state index in [0.29, 0.717) is 11.1 Å². The van der Waals surface area contributed by atoms with Crippen LogP contribution in [0.2, 0.25) is 0 Å². The fraction of sp³-hybridized carbons (Fsp3) is 0.0952. The Morgan fingerprint density at radius 2 is 1.71 bits per heavy atom. The zero-order valence-electron chi connectivity index (χ0n) is 14.7. The number of aromatic nitrogens is 1. The second-order valence-corrected chi connectivity index (χ2v) is 6.01. The Kier molecular flexibility index (Phi) is 5.14. The highest BCUT2D eigenvalue weighted by atomic mass is 19.4. The van der Waals surface area contributed by atoms with E-state index < -0.39 is 22.9 Å². The molecule has 0 fully saturated rings. The van der Waals surface area contributed by atoms with Crippen LogP contribution in [0.15, 0.2) is 70.6 Å². The lowest BCUT2D eigenvalue weighted by Crippen LogP contribution is -2.26. The molecule has 140 valence electrons. The van der Waals surface area contributed by atoms with Crippen LogP contribution >= 0.6 is 0 Å². The number of hydrogen-bond donors (Lipinski definition) is 0. The van der Waals surface area contributed by atoms with Gasteiger partial charge in [-0.2, -0.15) is 28.2 Å². The molecule has 28 heavy (non-hydrogen) atoms. The number of alkyl halides is 3. The van der Waals surface area contributed by atoms with Crippen LogP contribution in [-0.4, -0.2) is 10.9 Å². The molecule has 0 saturated heterocycles. The van der Waals surface area contributed by atoms with E-state index in [1.165, 1.54) is 12.3 Å². The molecule has 3 rings (SSSR count). The molecular formula is C21H14F3N3O. The van der Waals surface area contributed by atoms with Gasteiger partial charge >= 0.3 is 6.18 Å². The SMILES string of the molecule is Cc1ccccc1C=Nn1c(-c2ccccc2)cc(C(F)(F)F)c(C#N)c1=O. The van der Waals surface area contributed by atoms with Crippen molar-refractivity contribution in [3.8, 4) is 17.3 Å². The molecule has 3 aromatic rings. The number of nitrogens with zero attached hydrogens (tertiary/aromatic N) is 3. The van der Waals surface area contributed by atoms with E-state index in [1.54, 1.807) is 42.5 Å². The van der Waals surface area contributed by atoms with Gasteiger partial charge in [0, 0.05) is 5.56 Å². The molecule has 0 radical (unpaired) electrons. The molecule has 2 aromatic carbocycles. The van der Waals surface area contributed by atoms with Crippen LogP contribution in [0.25, 0.3) is 11.3 Å². The fourth-order valence-electron chi connectivity index (χ4n) is 2.71. The first-order chi connectivity index (χ1) is 13.3. The van der Waals surface area contributed by atoms with Gasteiger partial charge in [0.25, 0.3) is 5.56 Å². The average molecular weight is 381 g/mol. The van der Waals surface area contributed by atoms with Crippen LogP contribution in [0.5, 0.6) is 0 Å². The molecule has 0 saturated carbocycles. The summed E-state index contributed by atoms with van der Waals surface area (Å²) in [7, 11) is 0. The largest absolute Gasteiger partial charge is 0.417 e. The molecule has 4 nitrogen and oxygen atoms in total. The summed E-state index contributed by atoms with van der Waals surface area (Å²) in [6, 6.07) is 17.5. The molecule has 1 heterocycles. The smallest absolute Gasteiger partial charge is 0.266 e. The van der Waals surface area contributed by atoms with E-state index in [-0.39, 0.29) is 5.69 Å². The second-order valence-electron chi connectivity index (χ2n) is 6.01. The Morgan fingerprint density at radius 3 is 2.32 bits per heavy atom. The van der Waals surface area contributed by atoms with Gasteiger partial charge in [-0.25, -0.2) is 0 Å². The maximum atomic E-state index is 13.4. The maximum Gasteiger partial charge on any atom is 0.417 e. The summed E-state index contributed by atoms with van der Waals surface area (Å²) < 4.78 is 41.1. The molecule has 0 aliphatic heterocycles. The van der Waals surface area contributed by atoms with Gasteiger partial charge in [0.15, 0.2) is 0 Å². The van der Waals surface area contributed by atoms with Crippen molar-refractivity contribution in [3.05, 3.63) is 93.3 Å². The molecule has 0 amide bonds. The minimum atomic E-state index is -4.84. The van der Waals surface area contributed by atoms with Crippen molar-refractivity contribution < 1.29 is 13.2 Å². The van der Waals surface area contributed by atoms with Crippen molar-refractivity contribution in [1.29, 1.82) is 5.26 Å². The van der Waals surface area contributed by atoms with Crippen molar-refractivity contribution >= 4 is 6.21 Å². The van der Waals surface area contributed by atoms with Gasteiger partial charge in [-0.3, -0.25) is 4.79 Å². The van der Waals surface area contributed by atoms with Crippen molar-refractivity contribution in [2.24, 2.45) is 5.10 Å². The average Bonchev–Trinajstić information content (AvgIpc) is 2.67. The van der Waals surface area contributed by atoms with Gasteiger partial charge < -0.3 is 0 Å². The molecule has 0 aliphatic carbocycles. The Balaban J connectivity index is 2.30. The number of aryl methyl sites for hydroxylation is 1. The third-order valence-corrected chi connectivity index (χ3v) is 4.17. The predicted octanol–water partition coefficient (Wildman–Crippen LogP) is 4.60. The summed E-state index contributed by atoms with van der Waals surface area (Å²) in [5, 5.41) is 13.3. The molecule has 0 spiro atoms. The number of benzene rings is 2. The summed E-state index contributed by atoms with van der Waals surface area (Å²) in [4.78, 5) is 12.7. The van der Waals surface area contributed by atoms with E-state index in [0.717, 1.165) is 16.3 Å². The van der Waals surface area contributed by atoms with Crippen LogP contribution in [0.1, 0.15) is 22.3 Å². The predicted molar refractivity (Wildman–Crippen MR) is 100 cm³/mol. The van der Waals surface area contributed by atoms with Crippen LogP contribution in [-0.2, 0) is 6.18 Å². The van der Waals surface area contributed by atoms with Crippen molar-refractivity contribution in [1.82, 2.24) is 4.68 Å². The van der Waals surface area contributed by atoms with E-state index in [2.05, 4.69) is 5.10 Å². The van der Waals surface area contributed by atoms with E-state index in [1.807, 2.05) is 19.1 Å². The van der Waals surface area contributed by atoms with Crippen LogP contribution < -0.4 is 5.56 Å². The number of pyridine rings is 1. The van der Waals surface area contributed by atoms with Crippen molar-refractivity contribution in [3.63, 3.8) is 0 Å². The molecule has 0 aliphatic rings. The van der Waals surface area contributed by atoms with Crippen LogP contribution in [0.3, 0.4) is 0 Å². The summed E-state index contributed by atoms with van der Waals surface area (Å²) >= 11 is 0. The minimum absolute atomic E-state index is 0.0539. The molecule has 0 unspecified atom stereocenters. The molecule has 0 N–H and O–H groups in total. The third kappa shape index (κ3) is 3.71. The first-order valence-electron chi connectivity index (χ1n) is 8.25. The van der Waals surface area contributed by atoms with Gasteiger partial charge in [-0.05, 0) is 24.1 Å². The first-order valence-corrected chi connectivity index (χ1v) is 8.25. The van der Waals surface area contributed by atoms with Crippen molar-refractivity contribution in [2.45, 2.75) is 13.1 Å². The minimum Gasteiger partial charge on any atom is -0.266 e. The molecule has 0 atom stereocenters. The lowest BCUT2D eigenvalue weighted by molar-refractivity contribution is -0.137. The fourth-order valence-corrected chi connectivity index (χ4v) is 2.71. The molecule has 7 heteroatoms. The number of halogens is 3. The van der Waals surface area contributed by atoms with E-state index >= 15 is 0 Å². The van der Waals surface area contributed by atoms with Crippen LogP contribution in [0, 0.1) is 18.3 Å². The Hall–Kier alpha value is -3.66. The summed E-state index contributed by atoms with van der Waals surface area (Å²) in [5.41, 5.74) is -1.49. The Bertz CT molecular complexity index is 1140. The molecule has 0 bridgehead atoms. The lowest BCUT2D eigenvalue weighted by atomic mass is 10.0. The van der Waals surface area contributed by atoms with E-state index in [9.17, 15) is 18.0 Å². The summed E-state index contributed by atoms with van der Waals surface area (Å²) in [6.45, 7) is 1.84. The summed E-state index contributed by atoms with van der Waals surface area (Å²) in [6.07, 6.45) is -3.45. The molecular weight excluding hydrogens is 367 g/mol. The van der Waals surface area contributed by atoms with Gasteiger partial charge in [0.05, 0.1) is 17.5 Å². The first kappa shape index (κ1) is 19.1. The Morgan fingerprint density at radius 1 is 1.07 bits per heavy atom. The summed E-state index contributed by atoms with van der Waals surface area (Å²) in [5.74, 6) is 0. The third-order valence-electron chi connectivity index (χ3n) is 4.17. The molecule has 1 aromatic heterocycles. The quantitative estimate of drug-likeness (QED) is 0.623. The van der Waals surface area contributed by atoms with E-state index in [4.69, 9.17) is 5.26 Å². The monoisotopic (exact) mass is 381 g/mol. The second kappa shape index (κ2) is 7.53. The zero-order chi connectivity index (χ0) is 20.3. The van der Waals surface area contributed by atoms with Gasteiger partial charge in [0.2, 0.25) is 0 Å². The van der Waals surface area contributed by atoms with Gasteiger partial charge in [0.1, 0.15) is 11.6 Å². The Labute approximate surface area is 158 Å². The zero-order valence-corrected chi connectivity index (χ0v) is 14.7. The van der Waals surface area contributed by atoms with Crippen LogP contribution in [0.4, 0.5) is 13.2 Å². The highest BCUT2D eigenvalue weighted by Gasteiger charge is 2.36. The van der Waals surface area contributed by atoms with Crippen molar-refractivity contribution in [2.75, 3.05) is 0 Å². The van der Waals surface area contributed by atoms with Gasteiger partial charge in [-0.15, -0.1) is 0 Å². The standard InChI is InChI=1S/C21H14F3N3O/c1-14-7-5-6-10-16(14)13-26-27-19(15-8-3-2-4-9-15)11-18(21(22,23)24)17(12-25)20(27)28/h2-11,13H,1H3. The normalized spacial score (nSPS) is 11.5. The maximum absolute atomic E-state index is 13.4. The highest BCUT2D eigenvalue weighted by Crippen LogP contribution is 2.33. The number of hydrogen-bond acceptors (Lipinski definition) is 3. The topological polar surface area (TPSA) is 58.1 Å². The van der Waals surface area contributed by atoms with Gasteiger partial charge in [-0.1, -0.05) is 54.6 Å². The number of rotatable bonds is 3. The lowest BCUT2D eigenvalue weighted by Gasteiger charge is -2.14. The highest BCUT2D eigenvalue weighted by molar-refractivity contribution is 5.81.